The zero-order valence-corrected chi connectivity index (χ0v) is 15.0. The maximum Gasteiger partial charge on any atom is 0.335 e. The molecule has 26 heavy (non-hydrogen) atoms. The number of aromatic nitrogens is 2. The van der Waals surface area contributed by atoms with Crippen LogP contribution < -0.4 is 5.32 Å². The number of nitrogens with zero attached hydrogens (tertiary/aromatic N) is 2. The quantitative estimate of drug-likeness (QED) is 0.652. The van der Waals surface area contributed by atoms with E-state index in [0.717, 1.165) is 0 Å². The van der Waals surface area contributed by atoms with E-state index in [2.05, 4.69) is 15.5 Å². The molecule has 1 N–H and O–H groups in total. The zero-order valence-electron chi connectivity index (χ0n) is 13.4. The minimum Gasteiger partial charge on any atom is -0.459 e. The summed E-state index contributed by atoms with van der Waals surface area (Å²) in [6, 6.07) is 9.57. The Balaban J connectivity index is 1.58. The average molecular weight is 396 g/mol. The van der Waals surface area contributed by atoms with E-state index in [0.29, 0.717) is 10.6 Å². The summed E-state index contributed by atoms with van der Waals surface area (Å²) in [5.74, 6) is -0.368. The fourth-order valence-electron chi connectivity index (χ4n) is 2.10. The van der Waals surface area contributed by atoms with Crippen LogP contribution in [0.1, 0.15) is 22.0 Å². The lowest BCUT2D eigenvalue weighted by Crippen LogP contribution is -2.25. The van der Waals surface area contributed by atoms with E-state index >= 15 is 0 Å². The molecule has 3 rings (SSSR count). The maximum absolute atomic E-state index is 12.3. The molecule has 10 heteroatoms. The van der Waals surface area contributed by atoms with E-state index in [-0.39, 0.29) is 36.3 Å². The maximum atomic E-state index is 12.3. The standard InChI is InChI=1S/C16H14ClN3O5S/c17-12-5-3-11(4-6-12)10-26(22,23)16-20-19-14(25-16)7-8-18-15(21)13-2-1-9-24-13/h1-6,9H,7-8,10H2,(H,18,21). The molecule has 136 valence electrons. The van der Waals surface area contributed by atoms with Crippen LogP contribution in [0.4, 0.5) is 0 Å². The summed E-state index contributed by atoms with van der Waals surface area (Å²) in [6.07, 6.45) is 1.58. The van der Waals surface area contributed by atoms with E-state index in [9.17, 15) is 13.2 Å². The van der Waals surface area contributed by atoms with Gasteiger partial charge in [0.2, 0.25) is 15.7 Å². The van der Waals surface area contributed by atoms with Gasteiger partial charge in [-0.15, -0.1) is 5.10 Å². The van der Waals surface area contributed by atoms with Crippen molar-refractivity contribution in [2.45, 2.75) is 17.4 Å². The Bertz CT molecular complexity index is 981. The Kier molecular flexibility index (Phi) is 5.38. The summed E-state index contributed by atoms with van der Waals surface area (Å²) in [5.41, 5.74) is 0.555. The molecule has 0 aliphatic heterocycles. The van der Waals surface area contributed by atoms with Gasteiger partial charge in [0.15, 0.2) is 5.76 Å². The van der Waals surface area contributed by atoms with Crippen LogP contribution in [0.3, 0.4) is 0 Å². The molecule has 3 aromatic rings. The Morgan fingerprint density at radius 1 is 1.15 bits per heavy atom. The molecule has 0 radical (unpaired) electrons. The van der Waals surface area contributed by atoms with Crippen LogP contribution in [0.5, 0.6) is 0 Å². The summed E-state index contributed by atoms with van der Waals surface area (Å²) in [7, 11) is -3.77. The number of carbonyl (C=O) groups is 1. The fraction of sp³-hybridized carbons (Fsp3) is 0.188. The second-order valence-corrected chi connectivity index (χ2v) is 7.63. The molecule has 0 saturated heterocycles. The van der Waals surface area contributed by atoms with Crippen molar-refractivity contribution in [3.05, 3.63) is 64.9 Å². The molecule has 0 fully saturated rings. The van der Waals surface area contributed by atoms with Crippen molar-refractivity contribution >= 4 is 27.3 Å². The lowest BCUT2D eigenvalue weighted by Gasteiger charge is -2.01. The topological polar surface area (TPSA) is 115 Å². The number of halogens is 1. The van der Waals surface area contributed by atoms with Crippen molar-refractivity contribution in [3.63, 3.8) is 0 Å². The number of hydrogen-bond donors (Lipinski definition) is 1. The monoisotopic (exact) mass is 395 g/mol. The molecule has 2 aromatic heterocycles. The highest BCUT2D eigenvalue weighted by Crippen LogP contribution is 2.17. The molecule has 0 bridgehead atoms. The Morgan fingerprint density at radius 2 is 1.92 bits per heavy atom. The first-order valence-electron chi connectivity index (χ1n) is 7.55. The molecule has 2 heterocycles. The van der Waals surface area contributed by atoms with Crippen LogP contribution in [0, 0.1) is 0 Å². The van der Waals surface area contributed by atoms with Gasteiger partial charge < -0.3 is 14.2 Å². The predicted octanol–water partition coefficient (Wildman–Crippen LogP) is 2.26. The van der Waals surface area contributed by atoms with Crippen LogP contribution in [-0.2, 0) is 22.0 Å². The van der Waals surface area contributed by atoms with E-state index in [1.54, 1.807) is 30.3 Å². The van der Waals surface area contributed by atoms with Crippen molar-refractivity contribution in [2.75, 3.05) is 6.54 Å². The zero-order chi connectivity index (χ0) is 18.6. The number of rotatable bonds is 7. The number of amides is 1. The Labute approximate surface area is 154 Å². The van der Waals surface area contributed by atoms with Crippen LogP contribution in [0.15, 0.2) is 56.7 Å². The second-order valence-electron chi connectivity index (χ2n) is 5.33. The van der Waals surface area contributed by atoms with Crippen LogP contribution in [0.25, 0.3) is 0 Å². The van der Waals surface area contributed by atoms with Gasteiger partial charge in [0.25, 0.3) is 5.91 Å². The molecule has 8 nitrogen and oxygen atoms in total. The number of furan rings is 1. The third-order valence-corrected chi connectivity index (χ3v) is 5.02. The van der Waals surface area contributed by atoms with Crippen molar-refractivity contribution in [3.8, 4) is 0 Å². The number of sulfone groups is 1. The van der Waals surface area contributed by atoms with Gasteiger partial charge in [0, 0.05) is 18.0 Å². The van der Waals surface area contributed by atoms with E-state index < -0.39 is 15.1 Å². The van der Waals surface area contributed by atoms with E-state index in [1.807, 2.05) is 0 Å². The predicted molar refractivity (Wildman–Crippen MR) is 91.4 cm³/mol. The van der Waals surface area contributed by atoms with Gasteiger partial charge in [0.1, 0.15) is 0 Å². The summed E-state index contributed by atoms with van der Waals surface area (Å²) in [4.78, 5) is 11.7. The summed E-state index contributed by atoms with van der Waals surface area (Å²) < 4.78 is 34.8. The molecule has 1 aromatic carbocycles. The average Bonchev–Trinajstić information content (AvgIpc) is 3.28. The minimum absolute atomic E-state index is 0.111. The number of benzene rings is 1. The summed E-state index contributed by atoms with van der Waals surface area (Å²) in [6.45, 7) is 0.193. The minimum atomic E-state index is -3.77. The lowest BCUT2D eigenvalue weighted by atomic mass is 10.2. The normalized spacial score (nSPS) is 11.4. The van der Waals surface area contributed by atoms with Gasteiger partial charge in [-0.25, -0.2) is 8.42 Å². The molecule has 0 aliphatic carbocycles. The number of hydrogen-bond acceptors (Lipinski definition) is 7. The molecule has 1 amide bonds. The second kappa shape index (κ2) is 7.71. The molecule has 0 spiro atoms. The lowest BCUT2D eigenvalue weighted by molar-refractivity contribution is 0.0926. The van der Waals surface area contributed by atoms with Gasteiger partial charge in [-0.3, -0.25) is 4.79 Å². The third kappa shape index (κ3) is 4.50. The Hall–Kier alpha value is -2.65. The summed E-state index contributed by atoms with van der Waals surface area (Å²) >= 11 is 5.78. The molecule has 0 unspecified atom stereocenters. The van der Waals surface area contributed by atoms with Crippen molar-refractivity contribution in [1.82, 2.24) is 15.5 Å². The highest BCUT2D eigenvalue weighted by atomic mass is 35.5. The third-order valence-electron chi connectivity index (χ3n) is 3.35. The van der Waals surface area contributed by atoms with Crippen LogP contribution in [0.2, 0.25) is 5.02 Å². The van der Waals surface area contributed by atoms with Gasteiger partial charge >= 0.3 is 5.22 Å². The first-order valence-corrected chi connectivity index (χ1v) is 9.58. The number of carbonyl (C=O) groups excluding carboxylic acids is 1. The Morgan fingerprint density at radius 3 is 2.62 bits per heavy atom. The molecule has 0 aliphatic rings. The van der Waals surface area contributed by atoms with Crippen LogP contribution in [-0.4, -0.2) is 31.1 Å². The first-order chi connectivity index (χ1) is 12.4. The largest absolute Gasteiger partial charge is 0.459 e. The molecule has 0 atom stereocenters. The van der Waals surface area contributed by atoms with Gasteiger partial charge in [-0.05, 0) is 29.8 Å². The molecule has 0 saturated carbocycles. The van der Waals surface area contributed by atoms with Gasteiger partial charge in [-0.2, -0.15) is 0 Å². The summed E-state index contributed by atoms with van der Waals surface area (Å²) in [5, 5.41) is 9.96. The number of nitrogens with one attached hydrogen (secondary N) is 1. The SMILES string of the molecule is O=C(NCCc1nnc(S(=O)(=O)Cc2ccc(Cl)cc2)o1)c1ccco1. The van der Waals surface area contributed by atoms with Crippen molar-refractivity contribution in [2.24, 2.45) is 0 Å². The highest BCUT2D eigenvalue weighted by molar-refractivity contribution is 7.90. The van der Waals surface area contributed by atoms with E-state index in [4.69, 9.17) is 20.4 Å². The van der Waals surface area contributed by atoms with Crippen LogP contribution >= 0.6 is 11.6 Å². The van der Waals surface area contributed by atoms with Crippen molar-refractivity contribution < 1.29 is 22.0 Å². The van der Waals surface area contributed by atoms with E-state index in [1.165, 1.54) is 12.3 Å². The van der Waals surface area contributed by atoms with Gasteiger partial charge in [0.05, 0.1) is 12.0 Å². The van der Waals surface area contributed by atoms with Crippen molar-refractivity contribution in [1.29, 1.82) is 0 Å². The van der Waals surface area contributed by atoms with Gasteiger partial charge in [-0.1, -0.05) is 28.8 Å². The smallest absolute Gasteiger partial charge is 0.335 e. The molecular formula is C16H14ClN3O5S. The fourth-order valence-corrected chi connectivity index (χ4v) is 3.37. The molecular weight excluding hydrogens is 382 g/mol. The highest BCUT2D eigenvalue weighted by Gasteiger charge is 2.23. The first kappa shape index (κ1) is 18.2.